The van der Waals surface area contributed by atoms with Crippen molar-refractivity contribution in [3.05, 3.63) is 0 Å². The van der Waals surface area contributed by atoms with Crippen LogP contribution in [0.15, 0.2) is 0 Å². The Morgan fingerprint density at radius 1 is 1.32 bits per heavy atom. The van der Waals surface area contributed by atoms with E-state index in [-0.39, 0.29) is 30.4 Å². The number of carbonyl (C=O) groups is 3. The minimum absolute atomic E-state index is 0.1000. The molecule has 8 nitrogen and oxygen atoms in total. The van der Waals surface area contributed by atoms with Crippen LogP contribution in [0.3, 0.4) is 0 Å². The number of hydrogen-bond acceptors (Lipinski definition) is 5. The summed E-state index contributed by atoms with van der Waals surface area (Å²) in [4.78, 5) is 37.6. The molecule has 8 heteroatoms. The van der Waals surface area contributed by atoms with E-state index in [1.54, 1.807) is 7.05 Å². The van der Waals surface area contributed by atoms with Crippen molar-refractivity contribution in [3.8, 4) is 0 Å². The van der Waals surface area contributed by atoms with Crippen LogP contribution in [0, 0.1) is 0 Å². The minimum atomic E-state index is -0.449. The van der Waals surface area contributed by atoms with Crippen LogP contribution in [0.4, 0.5) is 0 Å². The summed E-state index contributed by atoms with van der Waals surface area (Å²) in [5, 5.41) is 8.27. The number of ether oxygens (including phenoxy) is 1. The highest BCUT2D eigenvalue weighted by atomic mass is 16.5. The molecule has 0 radical (unpaired) electrons. The van der Waals surface area contributed by atoms with Crippen molar-refractivity contribution >= 4 is 17.7 Å². The predicted molar refractivity (Wildman–Crippen MR) is 79.0 cm³/mol. The number of rotatable bonds is 4. The Labute approximate surface area is 129 Å². The molecule has 0 aliphatic carbocycles. The van der Waals surface area contributed by atoms with Crippen molar-refractivity contribution in [1.29, 1.82) is 0 Å². The fourth-order valence-corrected chi connectivity index (χ4v) is 2.91. The molecule has 3 N–H and O–H groups in total. The van der Waals surface area contributed by atoms with Crippen LogP contribution in [0.2, 0.25) is 0 Å². The van der Waals surface area contributed by atoms with Crippen molar-refractivity contribution < 1.29 is 19.1 Å². The Morgan fingerprint density at radius 3 is 2.77 bits per heavy atom. The van der Waals surface area contributed by atoms with Crippen molar-refractivity contribution in [2.75, 3.05) is 33.3 Å². The van der Waals surface area contributed by atoms with Gasteiger partial charge in [-0.05, 0) is 19.8 Å². The number of likely N-dealkylation sites (N-methyl/N-ethyl adjacent to an activating group) is 1. The molecule has 2 aliphatic heterocycles. The molecule has 0 aromatic carbocycles. The molecule has 3 atom stereocenters. The Morgan fingerprint density at radius 2 is 2.09 bits per heavy atom. The van der Waals surface area contributed by atoms with E-state index in [1.807, 2.05) is 6.92 Å². The highest BCUT2D eigenvalue weighted by Crippen LogP contribution is 2.17. The van der Waals surface area contributed by atoms with Gasteiger partial charge in [0.25, 0.3) is 0 Å². The van der Waals surface area contributed by atoms with Gasteiger partial charge in [0.2, 0.25) is 17.7 Å². The molecule has 0 saturated carbocycles. The third-order valence-corrected chi connectivity index (χ3v) is 4.13. The number of likely N-dealkylation sites (tertiary alicyclic amines) is 1. The van der Waals surface area contributed by atoms with Gasteiger partial charge in [0.1, 0.15) is 12.1 Å². The van der Waals surface area contributed by atoms with E-state index in [2.05, 4.69) is 16.0 Å². The maximum Gasteiger partial charge on any atom is 0.242 e. The zero-order valence-corrected chi connectivity index (χ0v) is 13.1. The average molecular weight is 312 g/mol. The zero-order chi connectivity index (χ0) is 16.1. The van der Waals surface area contributed by atoms with Crippen LogP contribution in [-0.2, 0) is 19.1 Å². The van der Waals surface area contributed by atoms with Gasteiger partial charge in [0.05, 0.1) is 19.3 Å². The molecule has 0 aromatic rings. The van der Waals surface area contributed by atoms with Crippen LogP contribution in [-0.4, -0.2) is 74.1 Å². The van der Waals surface area contributed by atoms with Gasteiger partial charge >= 0.3 is 0 Å². The van der Waals surface area contributed by atoms with Crippen molar-refractivity contribution in [2.24, 2.45) is 0 Å². The second-order valence-electron chi connectivity index (χ2n) is 5.58. The van der Waals surface area contributed by atoms with Crippen LogP contribution in [0.5, 0.6) is 0 Å². The number of carbonyl (C=O) groups excluding carboxylic acids is 3. The average Bonchev–Trinajstić information content (AvgIpc) is 3.01. The number of amides is 3. The summed E-state index contributed by atoms with van der Waals surface area (Å²) < 4.78 is 5.41. The van der Waals surface area contributed by atoms with Crippen molar-refractivity contribution in [2.45, 2.75) is 38.0 Å². The normalized spacial score (nSPS) is 28.3. The molecule has 2 fully saturated rings. The summed E-state index contributed by atoms with van der Waals surface area (Å²) in [6, 6.07) is -0.876. The molecule has 1 unspecified atom stereocenters. The van der Waals surface area contributed by atoms with Gasteiger partial charge < -0.3 is 25.6 Å². The molecule has 0 spiro atoms. The Bertz CT molecular complexity index is 443. The second-order valence-corrected chi connectivity index (χ2v) is 5.58. The van der Waals surface area contributed by atoms with Gasteiger partial charge in [-0.25, -0.2) is 0 Å². The molecule has 3 amide bonds. The standard InChI is InChI=1S/C14H24N4O4/c1-9-12(16-5-7-22-9)14(21)17-8-11(19)18-6-3-4-10(18)13(20)15-2/h9-10,12,16H,3-8H2,1-2H3,(H,15,20)(H,17,21)/t9-,10?,12+/m1/s1. The first kappa shape index (κ1) is 16.7. The largest absolute Gasteiger partial charge is 0.375 e. The molecule has 22 heavy (non-hydrogen) atoms. The van der Waals surface area contributed by atoms with E-state index < -0.39 is 12.1 Å². The molecular formula is C14H24N4O4. The molecule has 2 saturated heterocycles. The van der Waals surface area contributed by atoms with E-state index in [4.69, 9.17) is 4.74 Å². The highest BCUT2D eigenvalue weighted by Gasteiger charge is 2.34. The first-order valence-corrected chi connectivity index (χ1v) is 7.68. The maximum absolute atomic E-state index is 12.2. The third-order valence-electron chi connectivity index (χ3n) is 4.13. The van der Waals surface area contributed by atoms with Gasteiger partial charge in [-0.15, -0.1) is 0 Å². The number of morpholine rings is 1. The Kier molecular flexibility index (Phi) is 5.73. The smallest absolute Gasteiger partial charge is 0.242 e. The fourth-order valence-electron chi connectivity index (χ4n) is 2.91. The van der Waals surface area contributed by atoms with Crippen LogP contribution in [0.25, 0.3) is 0 Å². The summed E-state index contributed by atoms with van der Waals surface area (Å²) in [6.07, 6.45) is 1.23. The Balaban J connectivity index is 1.84. The lowest BCUT2D eigenvalue weighted by Crippen LogP contribution is -2.57. The molecule has 2 heterocycles. The van der Waals surface area contributed by atoms with E-state index in [9.17, 15) is 14.4 Å². The number of nitrogens with zero attached hydrogens (tertiary/aromatic N) is 1. The summed E-state index contributed by atoms with van der Waals surface area (Å²) >= 11 is 0. The quantitative estimate of drug-likeness (QED) is 0.570. The highest BCUT2D eigenvalue weighted by molar-refractivity contribution is 5.91. The van der Waals surface area contributed by atoms with Gasteiger partial charge in [0, 0.05) is 20.1 Å². The number of nitrogens with one attached hydrogen (secondary N) is 3. The topological polar surface area (TPSA) is 99.8 Å². The summed E-state index contributed by atoms with van der Waals surface area (Å²) in [7, 11) is 1.56. The van der Waals surface area contributed by atoms with E-state index in [0.717, 1.165) is 6.42 Å². The van der Waals surface area contributed by atoms with Gasteiger partial charge in [-0.2, -0.15) is 0 Å². The lowest BCUT2D eigenvalue weighted by molar-refractivity contribution is -0.139. The molecule has 2 rings (SSSR count). The van der Waals surface area contributed by atoms with Gasteiger partial charge in [-0.1, -0.05) is 0 Å². The summed E-state index contributed by atoms with van der Waals surface area (Å²) in [6.45, 7) is 3.46. The third kappa shape index (κ3) is 3.75. The Hall–Kier alpha value is -1.67. The fraction of sp³-hybridized carbons (Fsp3) is 0.786. The molecule has 2 aliphatic rings. The predicted octanol–water partition coefficient (Wildman–Crippen LogP) is -1.78. The first-order chi connectivity index (χ1) is 10.5. The monoisotopic (exact) mass is 312 g/mol. The van der Waals surface area contributed by atoms with E-state index >= 15 is 0 Å². The van der Waals surface area contributed by atoms with E-state index in [0.29, 0.717) is 26.1 Å². The molecule has 0 bridgehead atoms. The van der Waals surface area contributed by atoms with Crippen LogP contribution >= 0.6 is 0 Å². The van der Waals surface area contributed by atoms with Crippen LogP contribution < -0.4 is 16.0 Å². The summed E-state index contributed by atoms with van der Waals surface area (Å²) in [5.74, 6) is -0.645. The molecule has 124 valence electrons. The van der Waals surface area contributed by atoms with E-state index in [1.165, 1.54) is 4.90 Å². The van der Waals surface area contributed by atoms with Crippen LogP contribution in [0.1, 0.15) is 19.8 Å². The maximum atomic E-state index is 12.2. The molecule has 0 aromatic heterocycles. The van der Waals surface area contributed by atoms with Gasteiger partial charge in [0.15, 0.2) is 0 Å². The lowest BCUT2D eigenvalue weighted by Gasteiger charge is -2.29. The SMILES string of the molecule is CNC(=O)C1CCCN1C(=O)CNC(=O)[C@H]1NCCO[C@@H]1C. The minimum Gasteiger partial charge on any atom is -0.375 e. The lowest BCUT2D eigenvalue weighted by atomic mass is 10.1. The van der Waals surface area contributed by atoms with Crippen molar-refractivity contribution in [1.82, 2.24) is 20.9 Å². The van der Waals surface area contributed by atoms with Crippen molar-refractivity contribution in [3.63, 3.8) is 0 Å². The zero-order valence-electron chi connectivity index (χ0n) is 13.1. The second kappa shape index (κ2) is 7.55. The van der Waals surface area contributed by atoms with Gasteiger partial charge in [-0.3, -0.25) is 14.4 Å². The summed E-state index contributed by atoms with van der Waals surface area (Å²) in [5.41, 5.74) is 0. The molecular weight excluding hydrogens is 288 g/mol. The first-order valence-electron chi connectivity index (χ1n) is 7.68. The number of hydrogen-bond donors (Lipinski definition) is 3.